The molecule has 3 rings (SSSR count). The highest BCUT2D eigenvalue weighted by molar-refractivity contribution is 7.18. The van der Waals surface area contributed by atoms with E-state index in [-0.39, 0.29) is 5.97 Å². The van der Waals surface area contributed by atoms with E-state index in [4.69, 9.17) is 4.74 Å². The van der Waals surface area contributed by atoms with Crippen LogP contribution in [-0.2, 0) is 11.2 Å². The van der Waals surface area contributed by atoms with E-state index >= 15 is 0 Å². The second-order valence-electron chi connectivity index (χ2n) is 5.33. The van der Waals surface area contributed by atoms with Crippen molar-refractivity contribution in [3.8, 4) is 0 Å². The van der Waals surface area contributed by atoms with Gasteiger partial charge in [0, 0.05) is 10.6 Å². The molecule has 0 bridgehead atoms. The third kappa shape index (κ3) is 3.38. The quantitative estimate of drug-likeness (QED) is 0.693. The molecule has 0 radical (unpaired) electrons. The van der Waals surface area contributed by atoms with Crippen LogP contribution in [0.4, 0.5) is 11.5 Å². The van der Waals surface area contributed by atoms with E-state index in [1.165, 1.54) is 4.88 Å². The van der Waals surface area contributed by atoms with Crippen LogP contribution in [0.15, 0.2) is 30.3 Å². The average molecular weight is 341 g/mol. The van der Waals surface area contributed by atoms with Crippen molar-refractivity contribution in [3.63, 3.8) is 0 Å². The zero-order valence-corrected chi connectivity index (χ0v) is 14.7. The van der Waals surface area contributed by atoms with Crippen molar-refractivity contribution in [3.05, 3.63) is 46.6 Å². The zero-order valence-electron chi connectivity index (χ0n) is 13.9. The van der Waals surface area contributed by atoms with E-state index in [2.05, 4.69) is 28.3 Å². The summed E-state index contributed by atoms with van der Waals surface area (Å²) in [7, 11) is 0. The molecule has 124 valence electrons. The Bertz CT molecular complexity index is 872. The summed E-state index contributed by atoms with van der Waals surface area (Å²) in [5.74, 6) is 1.21. The lowest BCUT2D eigenvalue weighted by atomic mass is 10.2. The number of hydrogen-bond donors (Lipinski definition) is 1. The first-order valence-electron chi connectivity index (χ1n) is 7.92. The molecular formula is C18H19N3O2S. The van der Waals surface area contributed by atoms with Gasteiger partial charge in [0.05, 0.1) is 17.6 Å². The summed E-state index contributed by atoms with van der Waals surface area (Å²) in [4.78, 5) is 23.0. The maximum Gasteiger partial charge on any atom is 0.338 e. The van der Waals surface area contributed by atoms with E-state index in [1.807, 2.05) is 19.1 Å². The molecule has 24 heavy (non-hydrogen) atoms. The van der Waals surface area contributed by atoms with E-state index in [9.17, 15) is 4.79 Å². The van der Waals surface area contributed by atoms with Gasteiger partial charge < -0.3 is 10.1 Å². The van der Waals surface area contributed by atoms with E-state index in [0.29, 0.717) is 12.2 Å². The Labute approximate surface area is 144 Å². The van der Waals surface area contributed by atoms with Gasteiger partial charge in [-0.3, -0.25) is 0 Å². The van der Waals surface area contributed by atoms with Crippen molar-refractivity contribution >= 4 is 39.0 Å². The normalized spacial score (nSPS) is 10.8. The van der Waals surface area contributed by atoms with Gasteiger partial charge in [0.15, 0.2) is 0 Å². The van der Waals surface area contributed by atoms with Gasteiger partial charge >= 0.3 is 5.97 Å². The Morgan fingerprint density at radius 2 is 1.96 bits per heavy atom. The van der Waals surface area contributed by atoms with Crippen LogP contribution in [-0.4, -0.2) is 22.5 Å². The van der Waals surface area contributed by atoms with Crippen molar-refractivity contribution in [2.75, 3.05) is 11.9 Å². The molecule has 0 spiro atoms. The summed E-state index contributed by atoms with van der Waals surface area (Å²) in [5.41, 5.74) is 1.40. The number of carbonyl (C=O) groups excluding carboxylic acids is 1. The third-order valence-electron chi connectivity index (χ3n) is 3.56. The Kier molecular flexibility index (Phi) is 4.76. The first-order valence-corrected chi connectivity index (χ1v) is 8.73. The van der Waals surface area contributed by atoms with Crippen molar-refractivity contribution in [1.29, 1.82) is 0 Å². The lowest BCUT2D eigenvalue weighted by Crippen LogP contribution is -2.04. The van der Waals surface area contributed by atoms with Gasteiger partial charge in [-0.15, -0.1) is 11.3 Å². The molecule has 3 aromatic rings. The number of carbonyl (C=O) groups is 1. The molecule has 0 atom stereocenters. The molecule has 0 aliphatic carbocycles. The summed E-state index contributed by atoms with van der Waals surface area (Å²) in [6.07, 6.45) is 0.980. The molecule has 0 fully saturated rings. The monoisotopic (exact) mass is 341 g/mol. The number of hydrogen-bond acceptors (Lipinski definition) is 6. The molecule has 6 heteroatoms. The molecule has 1 N–H and O–H groups in total. The lowest BCUT2D eigenvalue weighted by Gasteiger charge is -2.08. The van der Waals surface area contributed by atoms with E-state index in [0.717, 1.165) is 34.0 Å². The van der Waals surface area contributed by atoms with Gasteiger partial charge in [0.25, 0.3) is 0 Å². The first-order chi connectivity index (χ1) is 11.6. The molecule has 0 aliphatic rings. The number of nitrogens with zero attached hydrogens (tertiary/aromatic N) is 2. The van der Waals surface area contributed by atoms with Crippen LogP contribution in [0, 0.1) is 6.92 Å². The number of thiophene rings is 1. The molecule has 0 aliphatic heterocycles. The molecule has 0 saturated heterocycles. The molecule has 2 aromatic heterocycles. The van der Waals surface area contributed by atoms with Crippen molar-refractivity contribution in [2.45, 2.75) is 27.2 Å². The van der Waals surface area contributed by atoms with Crippen LogP contribution in [0.25, 0.3) is 10.2 Å². The maximum atomic E-state index is 11.7. The molecule has 5 nitrogen and oxygen atoms in total. The minimum Gasteiger partial charge on any atom is -0.462 e. The maximum absolute atomic E-state index is 11.7. The number of anilines is 2. The third-order valence-corrected chi connectivity index (χ3v) is 4.74. The second-order valence-corrected chi connectivity index (χ2v) is 6.44. The predicted molar refractivity (Wildman–Crippen MR) is 97.2 cm³/mol. The van der Waals surface area contributed by atoms with E-state index in [1.54, 1.807) is 30.4 Å². The van der Waals surface area contributed by atoms with Crippen LogP contribution in [0.3, 0.4) is 0 Å². The average Bonchev–Trinajstić information content (AvgIpc) is 2.99. The van der Waals surface area contributed by atoms with Gasteiger partial charge in [-0.1, -0.05) is 6.92 Å². The highest BCUT2D eigenvalue weighted by Gasteiger charge is 2.11. The SMILES string of the molecule is CCOC(=O)c1ccc(Nc2nc(C)nc3sc(CC)cc23)cc1. The van der Waals surface area contributed by atoms with Crippen LogP contribution >= 0.6 is 11.3 Å². The molecule has 0 unspecified atom stereocenters. The van der Waals surface area contributed by atoms with Gasteiger partial charge in [0.2, 0.25) is 0 Å². The molecule has 1 aromatic carbocycles. The number of fused-ring (bicyclic) bond motifs is 1. The molecule has 0 amide bonds. The highest BCUT2D eigenvalue weighted by atomic mass is 32.1. The van der Waals surface area contributed by atoms with Gasteiger partial charge in [-0.05, 0) is 50.6 Å². The van der Waals surface area contributed by atoms with E-state index < -0.39 is 0 Å². The van der Waals surface area contributed by atoms with Crippen molar-refractivity contribution in [2.24, 2.45) is 0 Å². The zero-order chi connectivity index (χ0) is 17.1. The Morgan fingerprint density at radius 1 is 1.21 bits per heavy atom. The largest absolute Gasteiger partial charge is 0.462 e. The fraction of sp³-hybridized carbons (Fsp3) is 0.278. The van der Waals surface area contributed by atoms with Crippen LogP contribution in [0.2, 0.25) is 0 Å². The van der Waals surface area contributed by atoms with Gasteiger partial charge in [0.1, 0.15) is 16.5 Å². The fourth-order valence-corrected chi connectivity index (χ4v) is 3.40. The summed E-state index contributed by atoms with van der Waals surface area (Å²) >= 11 is 1.70. The van der Waals surface area contributed by atoms with Crippen molar-refractivity contribution < 1.29 is 9.53 Å². The smallest absolute Gasteiger partial charge is 0.338 e. The number of aromatic nitrogens is 2. The number of ether oxygens (including phenoxy) is 1. The number of benzene rings is 1. The summed E-state index contributed by atoms with van der Waals surface area (Å²) < 4.78 is 5.00. The molecular weight excluding hydrogens is 322 g/mol. The highest BCUT2D eigenvalue weighted by Crippen LogP contribution is 2.31. The van der Waals surface area contributed by atoms with Gasteiger partial charge in [-0.2, -0.15) is 0 Å². The Morgan fingerprint density at radius 3 is 2.62 bits per heavy atom. The number of aryl methyl sites for hydroxylation is 2. The standard InChI is InChI=1S/C18H19N3O2S/c1-4-14-10-15-16(19-11(3)20-17(15)24-14)21-13-8-6-12(7-9-13)18(22)23-5-2/h6-10H,4-5H2,1-3H3,(H,19,20,21). The van der Waals surface area contributed by atoms with Crippen LogP contribution < -0.4 is 5.32 Å². The number of nitrogens with one attached hydrogen (secondary N) is 1. The summed E-state index contributed by atoms with van der Waals surface area (Å²) in [6, 6.07) is 9.33. The fourth-order valence-electron chi connectivity index (χ4n) is 2.39. The predicted octanol–water partition coefficient (Wildman–Crippen LogP) is 4.48. The topological polar surface area (TPSA) is 64.1 Å². The van der Waals surface area contributed by atoms with Gasteiger partial charge in [-0.25, -0.2) is 14.8 Å². The summed E-state index contributed by atoms with van der Waals surface area (Å²) in [6.45, 7) is 6.18. The lowest BCUT2D eigenvalue weighted by molar-refractivity contribution is 0.0526. The molecule has 2 heterocycles. The second kappa shape index (κ2) is 6.97. The summed E-state index contributed by atoms with van der Waals surface area (Å²) in [5, 5.41) is 4.35. The minimum absolute atomic E-state index is 0.310. The van der Waals surface area contributed by atoms with Crippen LogP contribution in [0.5, 0.6) is 0 Å². The molecule has 0 saturated carbocycles. The number of esters is 1. The Balaban J connectivity index is 1.89. The first kappa shape index (κ1) is 16.4. The van der Waals surface area contributed by atoms with Crippen LogP contribution in [0.1, 0.15) is 34.9 Å². The number of rotatable bonds is 5. The Hall–Kier alpha value is -2.47. The minimum atomic E-state index is -0.310. The van der Waals surface area contributed by atoms with Crippen molar-refractivity contribution in [1.82, 2.24) is 9.97 Å².